The summed E-state index contributed by atoms with van der Waals surface area (Å²) < 4.78 is 5.22. The van der Waals surface area contributed by atoms with E-state index in [0.29, 0.717) is 0 Å². The molecule has 1 heterocycles. The van der Waals surface area contributed by atoms with Gasteiger partial charge >= 0.3 is 0 Å². The molecular weight excluding hydrogens is 226 g/mol. The standard InChI is InChI=1S/C14H17N3O/c1-10-6-12(18-3)4-5-13(10)14(15-2)11-7-16-9-17-8-11/h4-9,14-15H,1-3H3. The topological polar surface area (TPSA) is 47.0 Å². The normalized spacial score (nSPS) is 12.2. The molecule has 4 heteroatoms. The molecule has 0 aliphatic carbocycles. The molecule has 1 unspecified atom stereocenters. The first-order valence-electron chi connectivity index (χ1n) is 5.83. The largest absolute Gasteiger partial charge is 0.497 e. The zero-order valence-electron chi connectivity index (χ0n) is 10.8. The van der Waals surface area contributed by atoms with E-state index in [2.05, 4.69) is 28.3 Å². The Hall–Kier alpha value is -1.94. The third-order valence-electron chi connectivity index (χ3n) is 2.99. The Kier molecular flexibility index (Phi) is 3.89. The van der Waals surface area contributed by atoms with Crippen molar-refractivity contribution in [3.8, 4) is 5.75 Å². The van der Waals surface area contributed by atoms with E-state index in [4.69, 9.17) is 4.74 Å². The van der Waals surface area contributed by atoms with E-state index >= 15 is 0 Å². The molecule has 0 spiro atoms. The summed E-state index contributed by atoms with van der Waals surface area (Å²) >= 11 is 0. The second kappa shape index (κ2) is 5.60. The molecule has 1 atom stereocenters. The first-order chi connectivity index (χ1) is 8.76. The van der Waals surface area contributed by atoms with Gasteiger partial charge in [-0.25, -0.2) is 9.97 Å². The van der Waals surface area contributed by atoms with Gasteiger partial charge in [0.1, 0.15) is 12.1 Å². The van der Waals surface area contributed by atoms with Crippen molar-refractivity contribution in [3.05, 3.63) is 53.6 Å². The summed E-state index contributed by atoms with van der Waals surface area (Å²) in [6, 6.07) is 6.17. The van der Waals surface area contributed by atoms with Crippen LogP contribution in [-0.4, -0.2) is 24.1 Å². The molecule has 2 aromatic rings. The number of hydrogen-bond donors (Lipinski definition) is 1. The zero-order chi connectivity index (χ0) is 13.0. The Morgan fingerprint density at radius 1 is 1.22 bits per heavy atom. The first kappa shape index (κ1) is 12.5. The monoisotopic (exact) mass is 243 g/mol. The predicted octanol–water partition coefficient (Wildman–Crippen LogP) is 2.10. The van der Waals surface area contributed by atoms with E-state index in [1.54, 1.807) is 7.11 Å². The lowest BCUT2D eigenvalue weighted by Gasteiger charge is -2.19. The van der Waals surface area contributed by atoms with Gasteiger partial charge in [0.25, 0.3) is 0 Å². The van der Waals surface area contributed by atoms with Crippen LogP contribution in [0.5, 0.6) is 5.75 Å². The molecule has 0 aliphatic heterocycles. The van der Waals surface area contributed by atoms with Crippen molar-refractivity contribution in [2.75, 3.05) is 14.2 Å². The lowest BCUT2D eigenvalue weighted by atomic mass is 9.97. The molecule has 1 aromatic carbocycles. The van der Waals surface area contributed by atoms with Gasteiger partial charge in [-0.05, 0) is 37.2 Å². The van der Waals surface area contributed by atoms with Crippen molar-refractivity contribution in [1.82, 2.24) is 15.3 Å². The fourth-order valence-electron chi connectivity index (χ4n) is 2.06. The molecule has 0 saturated heterocycles. The van der Waals surface area contributed by atoms with Crippen LogP contribution in [-0.2, 0) is 0 Å². The Balaban J connectivity index is 2.39. The molecule has 0 aliphatic rings. The number of nitrogens with zero attached hydrogens (tertiary/aromatic N) is 2. The first-order valence-corrected chi connectivity index (χ1v) is 5.83. The molecule has 0 radical (unpaired) electrons. The predicted molar refractivity (Wildman–Crippen MR) is 70.7 cm³/mol. The molecule has 0 amide bonds. The Morgan fingerprint density at radius 3 is 2.50 bits per heavy atom. The lowest BCUT2D eigenvalue weighted by molar-refractivity contribution is 0.414. The van der Waals surface area contributed by atoms with Crippen molar-refractivity contribution in [1.29, 1.82) is 0 Å². The zero-order valence-corrected chi connectivity index (χ0v) is 10.8. The van der Waals surface area contributed by atoms with Gasteiger partial charge in [-0.2, -0.15) is 0 Å². The minimum absolute atomic E-state index is 0.0945. The van der Waals surface area contributed by atoms with Gasteiger partial charge in [0.15, 0.2) is 0 Å². The van der Waals surface area contributed by atoms with E-state index in [1.165, 1.54) is 17.5 Å². The summed E-state index contributed by atoms with van der Waals surface area (Å²) in [4.78, 5) is 8.13. The maximum atomic E-state index is 5.22. The fraction of sp³-hybridized carbons (Fsp3) is 0.286. The van der Waals surface area contributed by atoms with Crippen LogP contribution in [0.1, 0.15) is 22.7 Å². The Labute approximate surface area is 107 Å². The maximum absolute atomic E-state index is 5.22. The van der Waals surface area contributed by atoms with Crippen LogP contribution < -0.4 is 10.1 Å². The summed E-state index contributed by atoms with van der Waals surface area (Å²) in [6.07, 6.45) is 5.20. The molecule has 4 nitrogen and oxygen atoms in total. The van der Waals surface area contributed by atoms with Crippen LogP contribution in [0.3, 0.4) is 0 Å². The minimum atomic E-state index is 0.0945. The maximum Gasteiger partial charge on any atom is 0.119 e. The van der Waals surface area contributed by atoms with Gasteiger partial charge in [-0.3, -0.25) is 0 Å². The third kappa shape index (κ3) is 2.49. The number of aryl methyl sites for hydroxylation is 1. The van der Waals surface area contributed by atoms with Crippen molar-refractivity contribution in [2.45, 2.75) is 13.0 Å². The van der Waals surface area contributed by atoms with E-state index in [-0.39, 0.29) is 6.04 Å². The quantitative estimate of drug-likeness (QED) is 0.893. The highest BCUT2D eigenvalue weighted by Crippen LogP contribution is 2.26. The van der Waals surface area contributed by atoms with Crippen LogP contribution in [0, 0.1) is 6.92 Å². The van der Waals surface area contributed by atoms with Crippen molar-refractivity contribution in [3.63, 3.8) is 0 Å². The van der Waals surface area contributed by atoms with Crippen LogP contribution >= 0.6 is 0 Å². The molecular formula is C14H17N3O. The summed E-state index contributed by atoms with van der Waals surface area (Å²) in [5, 5.41) is 3.29. The second-order valence-electron chi connectivity index (χ2n) is 4.12. The summed E-state index contributed by atoms with van der Waals surface area (Å²) in [6.45, 7) is 2.08. The molecule has 0 fully saturated rings. The summed E-state index contributed by atoms with van der Waals surface area (Å²) in [5.74, 6) is 0.871. The average Bonchev–Trinajstić information content (AvgIpc) is 2.42. The second-order valence-corrected chi connectivity index (χ2v) is 4.12. The van der Waals surface area contributed by atoms with Gasteiger partial charge < -0.3 is 10.1 Å². The van der Waals surface area contributed by atoms with E-state index in [0.717, 1.165) is 11.3 Å². The van der Waals surface area contributed by atoms with Crippen LogP contribution in [0.15, 0.2) is 36.9 Å². The highest BCUT2D eigenvalue weighted by molar-refractivity contribution is 5.40. The van der Waals surface area contributed by atoms with Crippen molar-refractivity contribution in [2.24, 2.45) is 0 Å². The minimum Gasteiger partial charge on any atom is -0.497 e. The van der Waals surface area contributed by atoms with E-state index < -0.39 is 0 Å². The van der Waals surface area contributed by atoms with Crippen LogP contribution in [0.2, 0.25) is 0 Å². The highest BCUT2D eigenvalue weighted by Gasteiger charge is 2.14. The molecule has 18 heavy (non-hydrogen) atoms. The van der Waals surface area contributed by atoms with Gasteiger partial charge in [-0.15, -0.1) is 0 Å². The SMILES string of the molecule is CNC(c1cncnc1)c1ccc(OC)cc1C. The van der Waals surface area contributed by atoms with Crippen molar-refractivity contribution >= 4 is 0 Å². The van der Waals surface area contributed by atoms with Gasteiger partial charge in [0.2, 0.25) is 0 Å². The number of methoxy groups -OCH3 is 1. The highest BCUT2D eigenvalue weighted by atomic mass is 16.5. The van der Waals surface area contributed by atoms with Gasteiger partial charge in [0, 0.05) is 18.0 Å². The summed E-state index contributed by atoms with van der Waals surface area (Å²) in [7, 11) is 3.61. The molecule has 1 N–H and O–H groups in total. The number of aromatic nitrogens is 2. The Morgan fingerprint density at radius 2 is 1.94 bits per heavy atom. The van der Waals surface area contributed by atoms with E-state index in [9.17, 15) is 0 Å². The van der Waals surface area contributed by atoms with Crippen LogP contribution in [0.25, 0.3) is 0 Å². The van der Waals surface area contributed by atoms with Gasteiger partial charge in [0.05, 0.1) is 13.2 Å². The summed E-state index contributed by atoms with van der Waals surface area (Å²) in [5.41, 5.74) is 3.43. The number of ether oxygens (including phenoxy) is 1. The Bertz CT molecular complexity index is 514. The molecule has 2 rings (SSSR count). The number of nitrogens with one attached hydrogen (secondary N) is 1. The fourth-order valence-corrected chi connectivity index (χ4v) is 2.06. The molecule has 0 bridgehead atoms. The average molecular weight is 243 g/mol. The smallest absolute Gasteiger partial charge is 0.119 e. The lowest BCUT2D eigenvalue weighted by Crippen LogP contribution is -2.19. The van der Waals surface area contributed by atoms with Crippen molar-refractivity contribution < 1.29 is 4.74 Å². The van der Waals surface area contributed by atoms with Gasteiger partial charge in [-0.1, -0.05) is 6.07 Å². The molecule has 94 valence electrons. The molecule has 0 saturated carbocycles. The number of rotatable bonds is 4. The van der Waals surface area contributed by atoms with E-state index in [1.807, 2.05) is 31.6 Å². The number of benzene rings is 1. The number of hydrogen-bond acceptors (Lipinski definition) is 4. The third-order valence-corrected chi connectivity index (χ3v) is 2.99. The molecule has 1 aromatic heterocycles. The van der Waals surface area contributed by atoms with Crippen LogP contribution in [0.4, 0.5) is 0 Å².